The highest BCUT2D eigenvalue weighted by molar-refractivity contribution is 7.07. The number of methoxy groups -OCH3 is 1. The van der Waals surface area contributed by atoms with Crippen LogP contribution in [0.15, 0.2) is 16.8 Å². The van der Waals surface area contributed by atoms with E-state index >= 15 is 0 Å². The molecular formula is C13H21NO2S. The van der Waals surface area contributed by atoms with Gasteiger partial charge in [-0.15, -0.1) is 0 Å². The van der Waals surface area contributed by atoms with Crippen LogP contribution in [0.25, 0.3) is 0 Å². The summed E-state index contributed by atoms with van der Waals surface area (Å²) in [5.41, 5.74) is 1.22. The molecule has 0 spiro atoms. The Morgan fingerprint density at radius 1 is 1.47 bits per heavy atom. The van der Waals surface area contributed by atoms with E-state index in [0.717, 1.165) is 6.42 Å². The Labute approximate surface area is 107 Å². The van der Waals surface area contributed by atoms with Crippen LogP contribution in [-0.2, 0) is 9.53 Å². The fraction of sp³-hybridized carbons (Fsp3) is 0.615. The first-order chi connectivity index (χ1) is 8.04. The maximum atomic E-state index is 11.7. The third-order valence-corrected chi connectivity index (χ3v) is 3.39. The number of nitrogens with one attached hydrogen (secondary N) is 1. The fourth-order valence-corrected chi connectivity index (χ4v) is 2.52. The number of ether oxygens (including phenoxy) is 1. The van der Waals surface area contributed by atoms with E-state index < -0.39 is 0 Å². The molecule has 0 fully saturated rings. The van der Waals surface area contributed by atoms with Crippen LogP contribution in [0.1, 0.15) is 38.8 Å². The predicted octanol–water partition coefficient (Wildman–Crippen LogP) is 2.99. The van der Waals surface area contributed by atoms with E-state index in [-0.39, 0.29) is 18.1 Å². The maximum absolute atomic E-state index is 11.7. The van der Waals surface area contributed by atoms with Crippen molar-refractivity contribution in [3.8, 4) is 0 Å². The first kappa shape index (κ1) is 14.2. The van der Waals surface area contributed by atoms with Gasteiger partial charge in [0.2, 0.25) is 0 Å². The number of thiophene rings is 1. The normalized spacial score (nSPS) is 14.6. The van der Waals surface area contributed by atoms with Crippen LogP contribution in [-0.4, -0.2) is 19.1 Å². The van der Waals surface area contributed by atoms with Gasteiger partial charge in [-0.25, -0.2) is 0 Å². The molecule has 0 aliphatic heterocycles. The largest absolute Gasteiger partial charge is 0.468 e. The molecule has 1 aromatic heterocycles. The molecule has 0 aromatic carbocycles. The van der Waals surface area contributed by atoms with Crippen LogP contribution in [0.4, 0.5) is 0 Å². The Bertz CT molecular complexity index is 335. The van der Waals surface area contributed by atoms with Gasteiger partial charge in [0.15, 0.2) is 0 Å². The molecule has 3 nitrogen and oxygen atoms in total. The van der Waals surface area contributed by atoms with E-state index in [0.29, 0.717) is 5.92 Å². The molecule has 1 N–H and O–H groups in total. The first-order valence-corrected chi connectivity index (χ1v) is 6.84. The number of carbonyl (C=O) groups excluding carboxylic acids is 1. The zero-order chi connectivity index (χ0) is 12.8. The highest BCUT2D eigenvalue weighted by Gasteiger charge is 2.22. The lowest BCUT2D eigenvalue weighted by Gasteiger charge is -2.22. The van der Waals surface area contributed by atoms with Gasteiger partial charge in [0.25, 0.3) is 0 Å². The molecule has 0 bridgehead atoms. The van der Waals surface area contributed by atoms with Crippen molar-refractivity contribution in [1.29, 1.82) is 0 Å². The molecule has 96 valence electrons. The van der Waals surface area contributed by atoms with Crippen LogP contribution < -0.4 is 5.32 Å². The molecule has 1 heterocycles. The van der Waals surface area contributed by atoms with E-state index in [1.807, 2.05) is 5.38 Å². The van der Waals surface area contributed by atoms with Gasteiger partial charge in [-0.1, -0.05) is 13.8 Å². The number of esters is 1. The number of rotatable bonds is 6. The van der Waals surface area contributed by atoms with Gasteiger partial charge in [0, 0.05) is 6.04 Å². The molecular weight excluding hydrogens is 234 g/mol. The minimum Gasteiger partial charge on any atom is -0.468 e. The number of hydrogen-bond acceptors (Lipinski definition) is 4. The smallest absolute Gasteiger partial charge is 0.322 e. The van der Waals surface area contributed by atoms with Crippen molar-refractivity contribution >= 4 is 17.3 Å². The molecule has 17 heavy (non-hydrogen) atoms. The molecule has 0 aliphatic rings. The summed E-state index contributed by atoms with van der Waals surface area (Å²) in [6, 6.07) is 2.02. The summed E-state index contributed by atoms with van der Waals surface area (Å²) in [6.45, 7) is 6.28. The molecule has 2 atom stereocenters. The van der Waals surface area contributed by atoms with Crippen LogP contribution >= 0.6 is 11.3 Å². The summed E-state index contributed by atoms with van der Waals surface area (Å²) in [5.74, 6) is 0.280. The minimum atomic E-state index is -0.227. The van der Waals surface area contributed by atoms with Gasteiger partial charge < -0.3 is 4.74 Å². The van der Waals surface area contributed by atoms with Crippen molar-refractivity contribution < 1.29 is 9.53 Å². The van der Waals surface area contributed by atoms with Crippen molar-refractivity contribution in [1.82, 2.24) is 5.32 Å². The SMILES string of the molecule is COC(=O)C(CC(C)C)NC(C)c1ccsc1. The van der Waals surface area contributed by atoms with Gasteiger partial charge in [-0.2, -0.15) is 11.3 Å². The van der Waals surface area contributed by atoms with Gasteiger partial charge in [0.1, 0.15) is 6.04 Å². The summed E-state index contributed by atoms with van der Waals surface area (Å²) in [4.78, 5) is 11.7. The van der Waals surface area contributed by atoms with E-state index in [1.54, 1.807) is 11.3 Å². The summed E-state index contributed by atoms with van der Waals surface area (Å²) >= 11 is 1.67. The molecule has 0 aliphatic carbocycles. The topological polar surface area (TPSA) is 38.3 Å². The quantitative estimate of drug-likeness (QED) is 0.794. The molecule has 0 saturated carbocycles. The Balaban J connectivity index is 2.62. The zero-order valence-corrected chi connectivity index (χ0v) is 11.7. The molecule has 1 rings (SSSR count). The van der Waals surface area contributed by atoms with E-state index in [4.69, 9.17) is 4.74 Å². The van der Waals surface area contributed by atoms with Gasteiger partial charge in [-0.05, 0) is 41.7 Å². The zero-order valence-electron chi connectivity index (χ0n) is 10.9. The average Bonchev–Trinajstić information content (AvgIpc) is 2.79. The summed E-state index contributed by atoms with van der Waals surface area (Å²) in [6.07, 6.45) is 0.793. The minimum absolute atomic E-state index is 0.170. The maximum Gasteiger partial charge on any atom is 0.322 e. The van der Waals surface area contributed by atoms with E-state index in [2.05, 4.69) is 37.5 Å². The highest BCUT2D eigenvalue weighted by Crippen LogP contribution is 2.18. The standard InChI is InChI=1S/C13H21NO2S/c1-9(2)7-12(13(15)16-4)14-10(3)11-5-6-17-8-11/h5-6,8-10,12,14H,7H2,1-4H3. The predicted molar refractivity (Wildman–Crippen MR) is 71.1 cm³/mol. The Kier molecular flexibility index (Phi) is 5.65. The Hall–Kier alpha value is -0.870. The van der Waals surface area contributed by atoms with Gasteiger partial charge in [0.05, 0.1) is 7.11 Å². The molecule has 0 radical (unpaired) electrons. The number of carbonyl (C=O) groups is 1. The Morgan fingerprint density at radius 2 is 2.18 bits per heavy atom. The molecule has 0 amide bonds. The van der Waals surface area contributed by atoms with Crippen molar-refractivity contribution in [2.75, 3.05) is 7.11 Å². The van der Waals surface area contributed by atoms with Gasteiger partial charge in [-0.3, -0.25) is 10.1 Å². The third kappa shape index (κ3) is 4.48. The lowest BCUT2D eigenvalue weighted by molar-refractivity contribution is -0.143. The molecule has 4 heteroatoms. The summed E-state index contributed by atoms with van der Waals surface area (Å²) in [7, 11) is 1.44. The van der Waals surface area contributed by atoms with Crippen molar-refractivity contribution in [2.45, 2.75) is 39.3 Å². The summed E-state index contributed by atoms with van der Waals surface area (Å²) < 4.78 is 4.83. The highest BCUT2D eigenvalue weighted by atomic mass is 32.1. The second kappa shape index (κ2) is 6.77. The lowest BCUT2D eigenvalue weighted by Crippen LogP contribution is -2.40. The second-order valence-corrected chi connectivity index (χ2v) is 5.43. The van der Waals surface area contributed by atoms with E-state index in [1.165, 1.54) is 12.7 Å². The third-order valence-electron chi connectivity index (χ3n) is 2.69. The molecule has 0 saturated heterocycles. The summed E-state index contributed by atoms with van der Waals surface area (Å²) in [5, 5.41) is 7.48. The van der Waals surface area contributed by atoms with Crippen molar-refractivity contribution in [2.24, 2.45) is 5.92 Å². The van der Waals surface area contributed by atoms with Crippen LogP contribution in [0, 0.1) is 5.92 Å². The second-order valence-electron chi connectivity index (χ2n) is 4.65. The van der Waals surface area contributed by atoms with Crippen LogP contribution in [0.2, 0.25) is 0 Å². The fourth-order valence-electron chi connectivity index (χ4n) is 1.77. The van der Waals surface area contributed by atoms with Crippen LogP contribution in [0.3, 0.4) is 0 Å². The van der Waals surface area contributed by atoms with Crippen LogP contribution in [0.5, 0.6) is 0 Å². The van der Waals surface area contributed by atoms with Crippen molar-refractivity contribution in [3.05, 3.63) is 22.4 Å². The monoisotopic (exact) mass is 255 g/mol. The average molecular weight is 255 g/mol. The van der Waals surface area contributed by atoms with Crippen molar-refractivity contribution in [3.63, 3.8) is 0 Å². The Morgan fingerprint density at radius 3 is 2.65 bits per heavy atom. The van der Waals surface area contributed by atoms with E-state index in [9.17, 15) is 4.79 Å². The molecule has 1 aromatic rings. The number of hydrogen-bond donors (Lipinski definition) is 1. The molecule has 2 unspecified atom stereocenters. The lowest BCUT2D eigenvalue weighted by atomic mass is 10.0. The first-order valence-electron chi connectivity index (χ1n) is 5.90. The van der Waals surface area contributed by atoms with Gasteiger partial charge >= 0.3 is 5.97 Å².